The number of rotatable bonds is 9. The zero-order valence-corrected chi connectivity index (χ0v) is 19.6. The van der Waals surface area contributed by atoms with Crippen LogP contribution in [0.2, 0.25) is 0 Å². The number of likely N-dealkylation sites (tertiary alicyclic amines) is 1. The smallest absolute Gasteiger partial charge is 0.191 e. The fourth-order valence-electron chi connectivity index (χ4n) is 3.10. The highest BCUT2D eigenvalue weighted by Crippen LogP contribution is 2.13. The highest BCUT2D eigenvalue weighted by atomic mass is 127. The van der Waals surface area contributed by atoms with Crippen molar-refractivity contribution in [1.82, 2.24) is 20.5 Å². The van der Waals surface area contributed by atoms with Crippen LogP contribution in [0, 0.1) is 0 Å². The van der Waals surface area contributed by atoms with Crippen molar-refractivity contribution < 1.29 is 0 Å². The Labute approximate surface area is 180 Å². The summed E-state index contributed by atoms with van der Waals surface area (Å²) >= 11 is 1.82. The maximum absolute atomic E-state index is 4.72. The molecule has 5 nitrogen and oxygen atoms in total. The predicted octanol–water partition coefficient (Wildman–Crippen LogP) is 3.69. The molecule has 1 saturated heterocycles. The highest BCUT2D eigenvalue weighted by molar-refractivity contribution is 14.0. The number of thiazole rings is 1. The molecule has 0 spiro atoms. The summed E-state index contributed by atoms with van der Waals surface area (Å²) < 4.78 is 0. The zero-order valence-electron chi connectivity index (χ0n) is 16.4. The number of hydrogen-bond donors (Lipinski definition) is 2. The Balaban J connectivity index is 0.00000338. The van der Waals surface area contributed by atoms with Gasteiger partial charge >= 0.3 is 0 Å². The van der Waals surface area contributed by atoms with Crippen molar-refractivity contribution in [3.63, 3.8) is 0 Å². The Morgan fingerprint density at radius 3 is 2.62 bits per heavy atom. The maximum atomic E-state index is 4.72. The molecule has 0 unspecified atom stereocenters. The van der Waals surface area contributed by atoms with Gasteiger partial charge in [-0.15, -0.1) is 35.3 Å². The lowest BCUT2D eigenvalue weighted by molar-refractivity contribution is 0.283. The first-order valence-electron chi connectivity index (χ1n) is 10.00. The molecule has 2 heterocycles. The summed E-state index contributed by atoms with van der Waals surface area (Å²) in [5.41, 5.74) is 0. The SMILES string of the molecule is CCNC(=NCCCN1CCCCCC1)NCCc1ncc(CC)s1.I. The third-order valence-corrected chi connectivity index (χ3v) is 5.73. The quantitative estimate of drug-likeness (QED) is 0.239. The number of aliphatic imine (C=N–C) groups is 1. The minimum absolute atomic E-state index is 0. The number of guanidine groups is 1. The van der Waals surface area contributed by atoms with Gasteiger partial charge in [0.2, 0.25) is 0 Å². The van der Waals surface area contributed by atoms with Crippen LogP contribution in [-0.4, -0.2) is 55.1 Å². The van der Waals surface area contributed by atoms with E-state index in [4.69, 9.17) is 4.99 Å². The van der Waals surface area contributed by atoms with Crippen LogP contribution in [-0.2, 0) is 12.8 Å². The second-order valence-electron chi connectivity index (χ2n) is 6.62. The minimum Gasteiger partial charge on any atom is -0.357 e. The average Bonchev–Trinajstić information content (AvgIpc) is 2.92. The molecule has 0 aromatic carbocycles. The lowest BCUT2D eigenvalue weighted by Crippen LogP contribution is -2.38. The summed E-state index contributed by atoms with van der Waals surface area (Å²) in [6.45, 7) is 10.7. The molecular formula is C19H36IN5S. The third kappa shape index (κ3) is 9.50. The van der Waals surface area contributed by atoms with E-state index in [9.17, 15) is 0 Å². The number of halogens is 1. The van der Waals surface area contributed by atoms with Crippen LogP contribution in [0.5, 0.6) is 0 Å². The van der Waals surface area contributed by atoms with Crippen molar-refractivity contribution in [1.29, 1.82) is 0 Å². The van der Waals surface area contributed by atoms with Crippen LogP contribution in [0.1, 0.15) is 55.8 Å². The van der Waals surface area contributed by atoms with Gasteiger partial charge in [0, 0.05) is 37.1 Å². The molecule has 0 atom stereocenters. The Hall–Kier alpha value is -0.410. The molecule has 1 aromatic heterocycles. The van der Waals surface area contributed by atoms with E-state index < -0.39 is 0 Å². The van der Waals surface area contributed by atoms with Crippen LogP contribution < -0.4 is 10.6 Å². The van der Waals surface area contributed by atoms with Crippen molar-refractivity contribution in [3.05, 3.63) is 16.1 Å². The van der Waals surface area contributed by atoms with Crippen molar-refractivity contribution in [2.75, 3.05) is 39.3 Å². The van der Waals surface area contributed by atoms with E-state index in [0.29, 0.717) is 0 Å². The van der Waals surface area contributed by atoms with E-state index >= 15 is 0 Å². The number of aryl methyl sites for hydroxylation is 1. The summed E-state index contributed by atoms with van der Waals surface area (Å²) in [6.07, 6.45) is 10.7. The van der Waals surface area contributed by atoms with Gasteiger partial charge < -0.3 is 15.5 Å². The third-order valence-electron chi connectivity index (χ3n) is 4.53. The van der Waals surface area contributed by atoms with Crippen LogP contribution in [0.4, 0.5) is 0 Å². The number of nitrogens with one attached hydrogen (secondary N) is 2. The molecule has 1 aromatic rings. The monoisotopic (exact) mass is 493 g/mol. The molecular weight excluding hydrogens is 457 g/mol. The van der Waals surface area contributed by atoms with Gasteiger partial charge in [0.05, 0.1) is 5.01 Å². The van der Waals surface area contributed by atoms with Gasteiger partial charge in [-0.1, -0.05) is 19.8 Å². The summed E-state index contributed by atoms with van der Waals surface area (Å²) in [7, 11) is 0. The number of aromatic nitrogens is 1. The molecule has 0 bridgehead atoms. The van der Waals surface area contributed by atoms with Gasteiger partial charge in [-0.3, -0.25) is 4.99 Å². The molecule has 1 fully saturated rings. The van der Waals surface area contributed by atoms with E-state index in [1.165, 1.54) is 55.2 Å². The van der Waals surface area contributed by atoms with E-state index in [0.717, 1.165) is 44.9 Å². The first-order valence-corrected chi connectivity index (χ1v) is 10.8. The molecule has 150 valence electrons. The molecule has 2 rings (SSSR count). The highest BCUT2D eigenvalue weighted by Gasteiger charge is 2.08. The molecule has 0 amide bonds. The summed E-state index contributed by atoms with van der Waals surface area (Å²) in [6, 6.07) is 0. The van der Waals surface area contributed by atoms with E-state index in [-0.39, 0.29) is 24.0 Å². The summed E-state index contributed by atoms with van der Waals surface area (Å²) in [5, 5.41) is 7.99. The van der Waals surface area contributed by atoms with Crippen LogP contribution in [0.3, 0.4) is 0 Å². The topological polar surface area (TPSA) is 52.6 Å². The normalized spacial score (nSPS) is 16.0. The Kier molecular flexibility index (Phi) is 13.3. The Morgan fingerprint density at radius 2 is 1.96 bits per heavy atom. The second kappa shape index (κ2) is 14.6. The predicted molar refractivity (Wildman–Crippen MR) is 124 cm³/mol. The maximum Gasteiger partial charge on any atom is 0.191 e. The number of nitrogens with zero attached hydrogens (tertiary/aromatic N) is 3. The lowest BCUT2D eigenvalue weighted by atomic mass is 10.2. The Bertz CT molecular complexity index is 498. The molecule has 26 heavy (non-hydrogen) atoms. The molecule has 0 radical (unpaired) electrons. The zero-order chi connectivity index (χ0) is 17.7. The molecule has 0 saturated carbocycles. The van der Waals surface area contributed by atoms with Crippen LogP contribution in [0.15, 0.2) is 11.2 Å². The van der Waals surface area contributed by atoms with Gasteiger partial charge in [0.15, 0.2) is 5.96 Å². The molecule has 1 aliphatic rings. The van der Waals surface area contributed by atoms with Gasteiger partial charge in [-0.2, -0.15) is 0 Å². The van der Waals surface area contributed by atoms with Gasteiger partial charge in [0.25, 0.3) is 0 Å². The first-order chi connectivity index (χ1) is 12.3. The van der Waals surface area contributed by atoms with E-state index in [2.05, 4.69) is 34.4 Å². The Morgan fingerprint density at radius 1 is 1.19 bits per heavy atom. The van der Waals surface area contributed by atoms with Crippen LogP contribution >= 0.6 is 35.3 Å². The summed E-state index contributed by atoms with van der Waals surface area (Å²) in [4.78, 5) is 13.2. The fraction of sp³-hybridized carbons (Fsp3) is 0.789. The van der Waals surface area contributed by atoms with E-state index in [1.807, 2.05) is 17.5 Å². The van der Waals surface area contributed by atoms with Gasteiger partial charge in [0.1, 0.15) is 0 Å². The van der Waals surface area contributed by atoms with Gasteiger partial charge in [-0.05, 0) is 52.2 Å². The molecule has 1 aliphatic heterocycles. The van der Waals surface area contributed by atoms with Crippen molar-refractivity contribution in [2.45, 2.75) is 58.8 Å². The van der Waals surface area contributed by atoms with E-state index in [1.54, 1.807) is 0 Å². The van der Waals surface area contributed by atoms with Crippen molar-refractivity contribution in [3.8, 4) is 0 Å². The second-order valence-corrected chi connectivity index (χ2v) is 7.82. The number of hydrogen-bond acceptors (Lipinski definition) is 4. The van der Waals surface area contributed by atoms with Crippen molar-refractivity contribution in [2.24, 2.45) is 4.99 Å². The van der Waals surface area contributed by atoms with Gasteiger partial charge in [-0.25, -0.2) is 4.98 Å². The van der Waals surface area contributed by atoms with Crippen molar-refractivity contribution >= 4 is 41.3 Å². The summed E-state index contributed by atoms with van der Waals surface area (Å²) in [5.74, 6) is 0.936. The minimum atomic E-state index is 0. The largest absolute Gasteiger partial charge is 0.357 e. The molecule has 0 aliphatic carbocycles. The molecule has 2 N–H and O–H groups in total. The average molecular weight is 494 g/mol. The first kappa shape index (κ1) is 23.6. The molecule has 7 heteroatoms. The lowest BCUT2D eigenvalue weighted by Gasteiger charge is -2.19. The standard InChI is InChI=1S/C19H35N5S.HI/c1-3-17-16-23-18(25-17)10-12-22-19(20-4-2)21-11-9-15-24-13-7-5-6-8-14-24;/h16H,3-15H2,1-2H3,(H2,20,21,22);1H. The fourth-order valence-corrected chi connectivity index (χ4v) is 3.96. The van der Waals surface area contributed by atoms with Crippen LogP contribution in [0.25, 0.3) is 0 Å².